The van der Waals surface area contributed by atoms with Gasteiger partial charge in [-0.25, -0.2) is 22.9 Å². The standard InChI is InChI=1S/C22H21ClN10O4S/c1-12(18-24-8-14(23)9-25-18)13(2)38(35,36)31-22-30-29-19(15-10-28-32-7-5-4-6-16(15)32)33(22)17-20(34)26-11-27-21(17)37-3/h4-13H,1-3H3,(H,30,31)(H,26,27,34)/t12-,13-/m0/s1. The third kappa shape index (κ3) is 4.45. The normalized spacial score (nSPS) is 13.4. The van der Waals surface area contributed by atoms with E-state index in [0.717, 1.165) is 6.33 Å². The second-order valence-electron chi connectivity index (χ2n) is 8.23. The zero-order valence-corrected chi connectivity index (χ0v) is 21.8. The second kappa shape index (κ2) is 9.83. The van der Waals surface area contributed by atoms with E-state index < -0.39 is 27.1 Å². The molecule has 0 aliphatic rings. The summed E-state index contributed by atoms with van der Waals surface area (Å²) in [5.41, 5.74) is 1.10. The molecule has 0 aliphatic carbocycles. The number of nitrogens with one attached hydrogen (secondary N) is 1. The fourth-order valence-electron chi connectivity index (χ4n) is 3.80. The third-order valence-corrected chi connectivity index (χ3v) is 8.04. The molecule has 0 radical (unpaired) electrons. The Kier molecular flexibility index (Phi) is 6.54. The minimum atomic E-state index is -4.10. The zero-order valence-electron chi connectivity index (χ0n) is 20.3. The molecule has 0 fully saturated rings. The minimum Gasteiger partial charge on any atom is -0.492 e. The quantitative estimate of drug-likeness (QED) is 0.287. The monoisotopic (exact) mass is 556 g/mol. The number of sulfonamides is 1. The van der Waals surface area contributed by atoms with Crippen molar-refractivity contribution in [3.8, 4) is 28.8 Å². The number of halogens is 1. The van der Waals surface area contributed by atoms with Gasteiger partial charge in [0.05, 0.1) is 34.7 Å². The van der Waals surface area contributed by atoms with Gasteiger partial charge < -0.3 is 9.84 Å². The molecule has 0 spiro atoms. The highest BCUT2D eigenvalue weighted by atomic mass is 35.5. The van der Waals surface area contributed by atoms with Gasteiger partial charge in [-0.3, -0.25) is 9.29 Å². The van der Waals surface area contributed by atoms with Gasteiger partial charge in [0.2, 0.25) is 27.7 Å². The van der Waals surface area contributed by atoms with Gasteiger partial charge in [-0.05, 0) is 19.1 Å². The van der Waals surface area contributed by atoms with Gasteiger partial charge in [-0.15, -0.1) is 10.2 Å². The van der Waals surface area contributed by atoms with Crippen molar-refractivity contribution >= 4 is 33.1 Å². The molecule has 38 heavy (non-hydrogen) atoms. The lowest BCUT2D eigenvalue weighted by Crippen LogP contribution is -2.31. The topological polar surface area (TPSA) is 175 Å². The van der Waals surface area contributed by atoms with Crippen molar-refractivity contribution in [2.45, 2.75) is 25.0 Å². The average Bonchev–Trinajstić information content (AvgIpc) is 3.51. The Morgan fingerprint density at radius 3 is 2.58 bits per heavy atom. The van der Waals surface area contributed by atoms with Crippen molar-refractivity contribution in [3.05, 3.63) is 60.2 Å². The number of aromatic nitrogens is 9. The highest BCUT2D eigenvalue weighted by Crippen LogP contribution is 2.36. The Hall–Kier alpha value is -4.37. The predicted octanol–water partition coefficient (Wildman–Crippen LogP) is 2.46. The largest absolute Gasteiger partial charge is 0.492 e. The maximum absolute atomic E-state index is 13.5. The van der Waals surface area contributed by atoms with Crippen molar-refractivity contribution in [2.24, 2.45) is 0 Å². The molecule has 2 N–H and O–H groups in total. The SMILES string of the molecule is COc1ncnc(O)c1-n1c(NS(=O)(=O)[C@@H](C)[C@H](C)c2ncc(Cl)cn2)nnc1-c1cnn2ccccc12. The van der Waals surface area contributed by atoms with Crippen LogP contribution >= 0.6 is 11.6 Å². The molecule has 5 aromatic rings. The van der Waals surface area contributed by atoms with Crippen molar-refractivity contribution in [1.82, 2.24) is 44.3 Å². The number of methoxy groups -OCH3 is 1. The van der Waals surface area contributed by atoms with Gasteiger partial charge >= 0.3 is 0 Å². The molecule has 0 aliphatic heterocycles. The Labute approximate surface area is 221 Å². The molecule has 5 rings (SSSR count). The molecule has 196 valence electrons. The highest BCUT2D eigenvalue weighted by molar-refractivity contribution is 7.93. The Balaban J connectivity index is 1.63. The van der Waals surface area contributed by atoms with Crippen molar-refractivity contribution < 1.29 is 18.3 Å². The highest BCUT2D eigenvalue weighted by Gasteiger charge is 2.33. The van der Waals surface area contributed by atoms with Crippen molar-refractivity contribution in [1.29, 1.82) is 0 Å². The van der Waals surface area contributed by atoms with Crippen LogP contribution in [0.2, 0.25) is 5.02 Å². The molecule has 0 saturated heterocycles. The molecule has 16 heteroatoms. The summed E-state index contributed by atoms with van der Waals surface area (Å²) in [6, 6.07) is 5.43. The summed E-state index contributed by atoms with van der Waals surface area (Å²) in [6.07, 6.45) is 7.20. The van der Waals surface area contributed by atoms with Crippen LogP contribution in [0, 0.1) is 0 Å². The van der Waals surface area contributed by atoms with E-state index >= 15 is 0 Å². The van der Waals surface area contributed by atoms with Crippen LogP contribution in [-0.4, -0.2) is 70.2 Å². The van der Waals surface area contributed by atoms with E-state index in [2.05, 4.69) is 40.0 Å². The molecule has 0 amide bonds. The van der Waals surface area contributed by atoms with E-state index in [0.29, 0.717) is 21.9 Å². The van der Waals surface area contributed by atoms with E-state index in [-0.39, 0.29) is 23.3 Å². The zero-order chi connectivity index (χ0) is 27.0. The van der Waals surface area contributed by atoms with Gasteiger partial charge in [0.25, 0.3) is 0 Å². The van der Waals surface area contributed by atoms with Crippen LogP contribution in [0.25, 0.3) is 22.6 Å². The lowest BCUT2D eigenvalue weighted by Gasteiger charge is -2.20. The molecule has 0 saturated carbocycles. The van der Waals surface area contributed by atoms with Gasteiger partial charge in [0.1, 0.15) is 12.2 Å². The minimum absolute atomic E-state index is 0.0357. The number of rotatable bonds is 8. The van der Waals surface area contributed by atoms with E-state index in [4.69, 9.17) is 16.3 Å². The van der Waals surface area contributed by atoms with Gasteiger partial charge in [-0.2, -0.15) is 15.1 Å². The van der Waals surface area contributed by atoms with Crippen LogP contribution in [0.3, 0.4) is 0 Å². The van der Waals surface area contributed by atoms with E-state index in [1.807, 2.05) is 6.07 Å². The molecular formula is C22H21ClN10O4S. The average molecular weight is 557 g/mol. The number of ether oxygens (including phenoxy) is 1. The molecular weight excluding hydrogens is 536 g/mol. The lowest BCUT2D eigenvalue weighted by molar-refractivity contribution is 0.383. The summed E-state index contributed by atoms with van der Waals surface area (Å²) in [5.74, 6) is -0.888. The van der Waals surface area contributed by atoms with Crippen molar-refractivity contribution in [2.75, 3.05) is 11.8 Å². The summed E-state index contributed by atoms with van der Waals surface area (Å²) < 4.78 is 37.7. The number of hydrogen-bond acceptors (Lipinski definition) is 11. The van der Waals surface area contributed by atoms with E-state index in [9.17, 15) is 13.5 Å². The maximum Gasteiger partial charge on any atom is 0.245 e. The smallest absolute Gasteiger partial charge is 0.245 e. The van der Waals surface area contributed by atoms with Crippen LogP contribution < -0.4 is 9.46 Å². The van der Waals surface area contributed by atoms with Crippen LogP contribution in [0.15, 0.2) is 49.3 Å². The van der Waals surface area contributed by atoms with Crippen LogP contribution in [-0.2, 0) is 10.0 Å². The van der Waals surface area contributed by atoms with Gasteiger partial charge in [0.15, 0.2) is 11.5 Å². The summed E-state index contributed by atoms with van der Waals surface area (Å²) >= 11 is 5.87. The first-order valence-electron chi connectivity index (χ1n) is 11.2. The van der Waals surface area contributed by atoms with Crippen LogP contribution in [0.5, 0.6) is 11.8 Å². The number of fused-ring (bicyclic) bond motifs is 1. The fourth-order valence-corrected chi connectivity index (χ4v) is 5.13. The molecule has 5 heterocycles. The Morgan fingerprint density at radius 2 is 1.84 bits per heavy atom. The number of hydrogen-bond donors (Lipinski definition) is 2. The van der Waals surface area contributed by atoms with Gasteiger partial charge in [0, 0.05) is 24.5 Å². The Morgan fingerprint density at radius 1 is 1.08 bits per heavy atom. The summed E-state index contributed by atoms with van der Waals surface area (Å²) in [7, 11) is -2.75. The molecule has 2 atom stereocenters. The first kappa shape index (κ1) is 25.3. The number of pyridine rings is 1. The van der Waals surface area contributed by atoms with E-state index in [1.54, 1.807) is 36.0 Å². The van der Waals surface area contributed by atoms with Gasteiger partial charge in [-0.1, -0.05) is 24.6 Å². The van der Waals surface area contributed by atoms with Crippen LogP contribution in [0.4, 0.5) is 5.95 Å². The number of aromatic hydroxyl groups is 1. The van der Waals surface area contributed by atoms with Crippen LogP contribution in [0.1, 0.15) is 25.6 Å². The molecule has 14 nitrogen and oxygen atoms in total. The molecule has 0 aromatic carbocycles. The van der Waals surface area contributed by atoms with E-state index in [1.165, 1.54) is 31.0 Å². The van der Waals surface area contributed by atoms with Crippen molar-refractivity contribution in [3.63, 3.8) is 0 Å². The molecule has 0 bridgehead atoms. The first-order valence-corrected chi connectivity index (χ1v) is 13.1. The third-order valence-electron chi connectivity index (χ3n) is 5.99. The lowest BCUT2D eigenvalue weighted by atomic mass is 10.1. The molecule has 0 unspecified atom stereocenters. The Bertz CT molecular complexity index is 1720. The summed E-state index contributed by atoms with van der Waals surface area (Å²) in [6.45, 7) is 3.20. The fraction of sp³-hybridized carbons (Fsp3) is 0.227. The molecule has 5 aromatic heterocycles. The number of nitrogens with zero attached hydrogens (tertiary/aromatic N) is 9. The predicted molar refractivity (Wildman–Crippen MR) is 137 cm³/mol. The summed E-state index contributed by atoms with van der Waals surface area (Å²) in [5, 5.41) is 22.7. The first-order chi connectivity index (χ1) is 18.2. The summed E-state index contributed by atoms with van der Waals surface area (Å²) in [4.78, 5) is 16.2. The maximum atomic E-state index is 13.5. The second-order valence-corrected chi connectivity index (χ2v) is 10.7. The number of anilines is 1.